The summed E-state index contributed by atoms with van der Waals surface area (Å²) < 4.78 is 48.2. The molecule has 12 heavy (non-hydrogen) atoms. The Morgan fingerprint density at radius 3 is 1.08 bits per heavy atom. The number of benzene rings is 1. The van der Waals surface area contributed by atoms with Gasteiger partial charge in [-0.2, -0.15) is 0 Å². The van der Waals surface area contributed by atoms with E-state index in [1.54, 1.807) is 0 Å². The van der Waals surface area contributed by atoms with Gasteiger partial charge in [0.05, 0.1) is 0 Å². The molecule has 70 valence electrons. The van der Waals surface area contributed by atoms with Crippen LogP contribution in [-0.4, -0.2) is 0 Å². The molecule has 0 fully saturated rings. The molecule has 0 heterocycles. The van der Waals surface area contributed by atoms with Gasteiger partial charge < -0.3 is 0 Å². The molecule has 0 aromatic heterocycles. The summed E-state index contributed by atoms with van der Waals surface area (Å²) in [6.45, 7) is 0. The predicted molar refractivity (Wildman–Crippen MR) is 56.3 cm³/mol. The second-order valence-corrected chi connectivity index (χ2v) is 6.57. The van der Waals surface area contributed by atoms with Crippen molar-refractivity contribution in [3.63, 3.8) is 0 Å². The average molecular weight is 406 g/mol. The van der Waals surface area contributed by atoms with E-state index < -0.39 is 41.9 Å². The van der Waals surface area contributed by atoms with Crippen LogP contribution in [0.25, 0.3) is 0 Å². The van der Waals surface area contributed by atoms with E-state index in [0.717, 1.165) is 24.3 Å². The number of rotatable bonds is 2. The predicted octanol–water partition coefficient (Wildman–Crippen LogP) is 4.58. The van der Waals surface area contributed by atoms with Crippen molar-refractivity contribution < 1.29 is 11.4 Å². The molecular formula is C6H4F4I2. The molecule has 0 radical (unpaired) electrons. The summed E-state index contributed by atoms with van der Waals surface area (Å²) in [7, 11) is 0. The molecule has 0 aliphatic heterocycles. The van der Waals surface area contributed by atoms with Crippen molar-refractivity contribution in [2.24, 2.45) is 0 Å². The van der Waals surface area contributed by atoms with E-state index in [1.807, 2.05) is 0 Å². The van der Waals surface area contributed by atoms with E-state index in [0.29, 0.717) is 0 Å². The maximum absolute atomic E-state index is 12.1. The van der Waals surface area contributed by atoms with Crippen molar-refractivity contribution in [2.45, 2.75) is 0 Å². The van der Waals surface area contributed by atoms with Gasteiger partial charge in [-0.05, 0) is 0 Å². The molecule has 0 unspecified atom stereocenters. The van der Waals surface area contributed by atoms with E-state index in [9.17, 15) is 11.4 Å². The second-order valence-electron chi connectivity index (χ2n) is 1.83. The van der Waals surface area contributed by atoms with Crippen molar-refractivity contribution >= 4 is 41.9 Å². The Bertz CT molecular complexity index is 219. The fraction of sp³-hybridized carbons (Fsp3) is 0. The Labute approximate surface area is 84.2 Å². The summed E-state index contributed by atoms with van der Waals surface area (Å²) in [6.07, 6.45) is 0. The van der Waals surface area contributed by atoms with Crippen molar-refractivity contribution in [1.29, 1.82) is 0 Å². The third-order valence-electron chi connectivity index (χ3n) is 1.13. The fourth-order valence-electron chi connectivity index (χ4n) is 0.620. The molecule has 0 saturated heterocycles. The topological polar surface area (TPSA) is 0 Å². The quantitative estimate of drug-likeness (QED) is 0.499. The normalized spacial score (nSPS) is 12.7. The minimum absolute atomic E-state index is 0.0549. The summed E-state index contributed by atoms with van der Waals surface area (Å²) in [5, 5.41) is 0. The van der Waals surface area contributed by atoms with Crippen LogP contribution in [0, 0.1) is 7.14 Å². The van der Waals surface area contributed by atoms with Crippen LogP contribution < -0.4 is 0 Å². The summed E-state index contributed by atoms with van der Waals surface area (Å²) in [4.78, 5) is 0. The molecule has 0 aliphatic rings. The van der Waals surface area contributed by atoms with Gasteiger partial charge in [-0.3, -0.25) is 0 Å². The molecule has 1 rings (SSSR count). The SMILES string of the molecule is FI(F)c1ccc(I(F)F)cc1. The molecule has 0 N–H and O–H groups in total. The van der Waals surface area contributed by atoms with Crippen LogP contribution in [0.2, 0.25) is 0 Å². The molecule has 0 atom stereocenters. The minimum atomic E-state index is -3.97. The Kier molecular flexibility index (Phi) is 4.00. The first-order valence-electron chi connectivity index (χ1n) is 2.77. The van der Waals surface area contributed by atoms with Crippen molar-refractivity contribution in [2.75, 3.05) is 0 Å². The van der Waals surface area contributed by atoms with Crippen LogP contribution in [0.1, 0.15) is 0 Å². The number of hydrogen-bond donors (Lipinski definition) is 0. The molecule has 0 bridgehead atoms. The molecule has 6 heteroatoms. The van der Waals surface area contributed by atoms with Gasteiger partial charge in [0.25, 0.3) is 0 Å². The molecule has 1 aromatic rings. The monoisotopic (exact) mass is 406 g/mol. The summed E-state index contributed by atoms with van der Waals surface area (Å²) in [6, 6.07) is 4.46. The molecule has 0 aliphatic carbocycles. The van der Waals surface area contributed by atoms with Gasteiger partial charge in [-0.15, -0.1) is 0 Å². The number of hydrogen-bond acceptors (Lipinski definition) is 0. The Balaban J connectivity index is 2.86. The first kappa shape index (κ1) is 10.5. The first-order valence-corrected chi connectivity index (χ1v) is 8.19. The van der Waals surface area contributed by atoms with Crippen LogP contribution in [0.15, 0.2) is 24.3 Å². The second kappa shape index (κ2) is 4.58. The van der Waals surface area contributed by atoms with E-state index in [2.05, 4.69) is 0 Å². The van der Waals surface area contributed by atoms with E-state index >= 15 is 0 Å². The van der Waals surface area contributed by atoms with Crippen molar-refractivity contribution in [1.82, 2.24) is 0 Å². The van der Waals surface area contributed by atoms with Crippen molar-refractivity contribution in [3.8, 4) is 0 Å². The van der Waals surface area contributed by atoms with Gasteiger partial charge in [0.1, 0.15) is 0 Å². The van der Waals surface area contributed by atoms with Gasteiger partial charge in [0.15, 0.2) is 0 Å². The third-order valence-corrected chi connectivity index (χ3v) is 4.46. The van der Waals surface area contributed by atoms with E-state index in [4.69, 9.17) is 0 Å². The summed E-state index contributed by atoms with van der Waals surface area (Å²) in [5.74, 6) is 0. The van der Waals surface area contributed by atoms with Crippen LogP contribution >= 0.6 is 41.9 Å². The van der Waals surface area contributed by atoms with Gasteiger partial charge in [-0.1, -0.05) is 0 Å². The zero-order chi connectivity index (χ0) is 9.14. The van der Waals surface area contributed by atoms with Crippen LogP contribution in [0.3, 0.4) is 0 Å². The van der Waals surface area contributed by atoms with Crippen LogP contribution in [0.4, 0.5) is 11.4 Å². The van der Waals surface area contributed by atoms with Crippen LogP contribution in [0.5, 0.6) is 0 Å². The van der Waals surface area contributed by atoms with Gasteiger partial charge in [0.2, 0.25) is 0 Å². The Hall–Kier alpha value is 0.400. The number of halogens is 6. The summed E-state index contributed by atoms with van der Waals surface area (Å²) >= 11 is -7.93. The van der Waals surface area contributed by atoms with Gasteiger partial charge in [-0.25, -0.2) is 0 Å². The van der Waals surface area contributed by atoms with Gasteiger partial charge in [0, 0.05) is 0 Å². The van der Waals surface area contributed by atoms with Crippen LogP contribution in [-0.2, 0) is 0 Å². The van der Waals surface area contributed by atoms with E-state index in [1.165, 1.54) is 0 Å². The fourth-order valence-corrected chi connectivity index (χ4v) is 2.43. The molecule has 0 spiro atoms. The molecule has 0 nitrogen and oxygen atoms in total. The first-order chi connectivity index (χ1) is 5.61. The molecule has 1 aromatic carbocycles. The molecule has 0 amide bonds. The molecular weight excluding hydrogens is 402 g/mol. The Morgan fingerprint density at radius 2 is 0.917 bits per heavy atom. The standard InChI is InChI=1S/C6H4F4I2/c7-11(8)5-1-2-6(4-3-5)12(9)10/h1-4H. The van der Waals surface area contributed by atoms with Crippen molar-refractivity contribution in [3.05, 3.63) is 31.4 Å². The molecule has 0 saturated carbocycles. The zero-order valence-electron chi connectivity index (χ0n) is 5.58. The zero-order valence-corrected chi connectivity index (χ0v) is 9.89. The van der Waals surface area contributed by atoms with Gasteiger partial charge >= 0.3 is 84.8 Å². The average Bonchev–Trinajstić information content (AvgIpc) is 2.04. The van der Waals surface area contributed by atoms with E-state index in [-0.39, 0.29) is 7.14 Å². The summed E-state index contributed by atoms with van der Waals surface area (Å²) in [5.41, 5.74) is 0. The maximum atomic E-state index is 12.1. The Morgan fingerprint density at radius 1 is 0.667 bits per heavy atom. The third kappa shape index (κ3) is 2.71.